The molecule has 15 heavy (non-hydrogen) atoms. The molecule has 1 heterocycles. The fraction of sp³-hybridized carbons (Fsp3) is 1.00. The molecule has 1 aliphatic rings. The zero-order valence-corrected chi connectivity index (χ0v) is 9.86. The van der Waals surface area contributed by atoms with Crippen molar-refractivity contribution in [3.63, 3.8) is 0 Å². The summed E-state index contributed by atoms with van der Waals surface area (Å²) in [5, 5.41) is 9.49. The average Bonchev–Trinajstić information content (AvgIpc) is 2.45. The van der Waals surface area contributed by atoms with Gasteiger partial charge >= 0.3 is 0 Å². The van der Waals surface area contributed by atoms with Crippen molar-refractivity contribution in [2.45, 2.75) is 25.9 Å². The number of nitrogens with two attached hydrogens (primary N) is 1. The van der Waals surface area contributed by atoms with Crippen molar-refractivity contribution in [1.29, 1.82) is 0 Å². The summed E-state index contributed by atoms with van der Waals surface area (Å²) in [6, 6.07) is 0. The van der Waals surface area contributed by atoms with Gasteiger partial charge in [0, 0.05) is 26.2 Å². The lowest BCUT2D eigenvalue weighted by Crippen LogP contribution is -2.38. The molecule has 0 amide bonds. The predicted molar refractivity (Wildman–Crippen MR) is 62.8 cm³/mol. The monoisotopic (exact) mass is 215 g/mol. The highest BCUT2D eigenvalue weighted by atomic mass is 16.3. The molecule has 0 bridgehead atoms. The Kier molecular flexibility index (Phi) is 6.17. The Labute approximate surface area is 93.0 Å². The second kappa shape index (κ2) is 7.17. The summed E-state index contributed by atoms with van der Waals surface area (Å²) in [5.74, 6) is 0. The van der Waals surface area contributed by atoms with Crippen LogP contribution in [-0.4, -0.2) is 66.8 Å². The molecule has 4 heteroatoms. The van der Waals surface area contributed by atoms with E-state index in [9.17, 15) is 5.11 Å². The largest absolute Gasteiger partial charge is 0.390 e. The molecule has 0 aromatic carbocycles. The molecule has 3 N–H and O–H groups in total. The second-order valence-corrected chi connectivity index (χ2v) is 4.39. The zero-order valence-electron chi connectivity index (χ0n) is 9.86. The maximum absolute atomic E-state index is 9.49. The Balaban J connectivity index is 2.26. The van der Waals surface area contributed by atoms with E-state index in [1.807, 2.05) is 0 Å². The Morgan fingerprint density at radius 1 is 1.20 bits per heavy atom. The SMILES string of the molecule is CCCN1CCCN(C[C@H](O)CN)CC1. The summed E-state index contributed by atoms with van der Waals surface area (Å²) in [5.41, 5.74) is 5.42. The summed E-state index contributed by atoms with van der Waals surface area (Å²) < 4.78 is 0. The van der Waals surface area contributed by atoms with Crippen molar-refractivity contribution in [2.24, 2.45) is 5.73 Å². The van der Waals surface area contributed by atoms with Gasteiger partial charge in [0.15, 0.2) is 0 Å². The molecular formula is C11H25N3O. The van der Waals surface area contributed by atoms with E-state index in [-0.39, 0.29) is 6.10 Å². The molecule has 0 aliphatic carbocycles. The van der Waals surface area contributed by atoms with Crippen LogP contribution in [0.4, 0.5) is 0 Å². The fourth-order valence-electron chi connectivity index (χ4n) is 2.12. The minimum atomic E-state index is -0.359. The molecule has 0 unspecified atom stereocenters. The summed E-state index contributed by atoms with van der Waals surface area (Å²) in [4.78, 5) is 4.84. The fourth-order valence-corrected chi connectivity index (χ4v) is 2.12. The third-order valence-electron chi connectivity index (χ3n) is 2.96. The zero-order chi connectivity index (χ0) is 11.1. The normalized spacial score (nSPS) is 22.6. The van der Waals surface area contributed by atoms with Crippen molar-refractivity contribution in [3.05, 3.63) is 0 Å². The summed E-state index contributed by atoms with van der Waals surface area (Å²) in [6.07, 6.45) is 2.07. The van der Waals surface area contributed by atoms with Crippen LogP contribution in [0, 0.1) is 0 Å². The molecule has 1 aliphatic heterocycles. The van der Waals surface area contributed by atoms with Gasteiger partial charge in [-0.15, -0.1) is 0 Å². The number of aliphatic hydroxyl groups excluding tert-OH is 1. The Hall–Kier alpha value is -0.160. The maximum Gasteiger partial charge on any atom is 0.0789 e. The van der Waals surface area contributed by atoms with Gasteiger partial charge in [0.1, 0.15) is 0 Å². The molecule has 1 rings (SSSR count). The van der Waals surface area contributed by atoms with Crippen molar-refractivity contribution < 1.29 is 5.11 Å². The highest BCUT2D eigenvalue weighted by molar-refractivity contribution is 4.72. The molecule has 90 valence electrons. The second-order valence-electron chi connectivity index (χ2n) is 4.39. The lowest BCUT2D eigenvalue weighted by Gasteiger charge is -2.23. The predicted octanol–water partition coefficient (Wildman–Crippen LogP) is -0.276. The van der Waals surface area contributed by atoms with Gasteiger partial charge in [0.2, 0.25) is 0 Å². The first kappa shape index (κ1) is 12.9. The molecule has 0 aromatic heterocycles. The van der Waals surface area contributed by atoms with E-state index in [1.165, 1.54) is 25.9 Å². The smallest absolute Gasteiger partial charge is 0.0789 e. The molecule has 0 radical (unpaired) electrons. The first-order chi connectivity index (χ1) is 7.26. The van der Waals surface area contributed by atoms with E-state index >= 15 is 0 Å². The molecule has 0 spiro atoms. The van der Waals surface area contributed by atoms with Crippen LogP contribution in [0.2, 0.25) is 0 Å². The molecule has 4 nitrogen and oxygen atoms in total. The van der Waals surface area contributed by atoms with E-state index in [2.05, 4.69) is 16.7 Å². The Bertz CT molecular complexity index is 166. The van der Waals surface area contributed by atoms with Crippen LogP contribution in [0.15, 0.2) is 0 Å². The molecular weight excluding hydrogens is 190 g/mol. The van der Waals surface area contributed by atoms with Gasteiger partial charge in [-0.1, -0.05) is 6.92 Å². The van der Waals surface area contributed by atoms with Gasteiger partial charge < -0.3 is 15.7 Å². The van der Waals surface area contributed by atoms with Crippen molar-refractivity contribution in [3.8, 4) is 0 Å². The number of aliphatic hydroxyl groups is 1. The van der Waals surface area contributed by atoms with E-state index in [0.29, 0.717) is 6.54 Å². The number of rotatable bonds is 5. The quantitative estimate of drug-likeness (QED) is 0.662. The topological polar surface area (TPSA) is 52.7 Å². The molecule has 1 fully saturated rings. The van der Waals surface area contributed by atoms with E-state index in [1.54, 1.807) is 0 Å². The van der Waals surface area contributed by atoms with Crippen molar-refractivity contribution in [2.75, 3.05) is 45.8 Å². The van der Waals surface area contributed by atoms with Gasteiger partial charge in [0.05, 0.1) is 6.10 Å². The maximum atomic E-state index is 9.49. The van der Waals surface area contributed by atoms with Gasteiger partial charge in [-0.25, -0.2) is 0 Å². The van der Waals surface area contributed by atoms with Gasteiger partial charge in [-0.3, -0.25) is 4.90 Å². The molecule has 1 atom stereocenters. The van der Waals surface area contributed by atoms with Crippen LogP contribution in [-0.2, 0) is 0 Å². The highest BCUT2D eigenvalue weighted by Gasteiger charge is 2.15. The first-order valence-corrected chi connectivity index (χ1v) is 6.09. The summed E-state index contributed by atoms with van der Waals surface area (Å²) in [7, 11) is 0. The van der Waals surface area contributed by atoms with Crippen LogP contribution in [0.25, 0.3) is 0 Å². The van der Waals surface area contributed by atoms with E-state index < -0.39 is 0 Å². The lowest BCUT2D eigenvalue weighted by atomic mass is 10.3. The van der Waals surface area contributed by atoms with Gasteiger partial charge in [-0.05, 0) is 32.5 Å². The van der Waals surface area contributed by atoms with Crippen molar-refractivity contribution in [1.82, 2.24) is 9.80 Å². The van der Waals surface area contributed by atoms with Crippen LogP contribution in [0.5, 0.6) is 0 Å². The molecule has 0 saturated carbocycles. The number of β-amino-alcohol motifs (C(OH)–C–C–N with tert-alkyl or cyclic N) is 1. The van der Waals surface area contributed by atoms with Crippen LogP contribution < -0.4 is 5.73 Å². The lowest BCUT2D eigenvalue weighted by molar-refractivity contribution is 0.120. The summed E-state index contributed by atoms with van der Waals surface area (Å²) in [6.45, 7) is 9.02. The first-order valence-electron chi connectivity index (χ1n) is 6.09. The minimum Gasteiger partial charge on any atom is -0.390 e. The van der Waals surface area contributed by atoms with Crippen molar-refractivity contribution >= 4 is 0 Å². The molecule has 1 saturated heterocycles. The Morgan fingerprint density at radius 3 is 2.53 bits per heavy atom. The third-order valence-corrected chi connectivity index (χ3v) is 2.96. The standard InChI is InChI=1S/C11H25N3O/c1-2-4-13-5-3-6-14(8-7-13)10-11(15)9-12/h11,15H,2-10,12H2,1H3/t11-/m1/s1. The number of hydrogen-bond donors (Lipinski definition) is 2. The number of hydrogen-bond acceptors (Lipinski definition) is 4. The average molecular weight is 215 g/mol. The van der Waals surface area contributed by atoms with Gasteiger partial charge in [0.25, 0.3) is 0 Å². The summed E-state index contributed by atoms with van der Waals surface area (Å²) >= 11 is 0. The van der Waals surface area contributed by atoms with E-state index in [4.69, 9.17) is 5.73 Å². The highest BCUT2D eigenvalue weighted by Crippen LogP contribution is 2.04. The number of nitrogens with zero attached hydrogens (tertiary/aromatic N) is 2. The third kappa shape index (κ3) is 4.93. The van der Waals surface area contributed by atoms with Gasteiger partial charge in [-0.2, -0.15) is 0 Å². The molecule has 0 aromatic rings. The minimum absolute atomic E-state index is 0.359. The van der Waals surface area contributed by atoms with E-state index in [0.717, 1.165) is 26.2 Å². The Morgan fingerprint density at radius 2 is 1.87 bits per heavy atom. The van der Waals surface area contributed by atoms with Crippen LogP contribution >= 0.6 is 0 Å². The van der Waals surface area contributed by atoms with Crippen LogP contribution in [0.3, 0.4) is 0 Å². The van der Waals surface area contributed by atoms with Crippen LogP contribution in [0.1, 0.15) is 19.8 Å².